The molecule has 4 N–H and O–H groups in total. The first-order valence-electron chi connectivity index (χ1n) is 3.18. The fourth-order valence-corrected chi connectivity index (χ4v) is 0.679. The van der Waals surface area contributed by atoms with Crippen molar-refractivity contribution in [1.29, 1.82) is 0 Å². The smallest absolute Gasteiger partial charge is 0.316 e. The number of primary amides is 1. The Kier molecular flexibility index (Phi) is 2.09. The number of carbonyl (C=O) groups excluding carboxylic acids is 1. The number of nitrogens with two attached hydrogens (primary N) is 1. The molecule has 6 heteroatoms. The summed E-state index contributed by atoms with van der Waals surface area (Å²) in [4.78, 5) is 17.7. The Morgan fingerprint density at radius 2 is 2.42 bits per heavy atom. The average Bonchev–Trinajstić information content (AvgIpc) is 1.94. The number of urea groups is 1. The maximum atomic E-state index is 10.4. The Balaban J connectivity index is 2.93. The zero-order chi connectivity index (χ0) is 9.14. The lowest BCUT2D eigenvalue weighted by atomic mass is 10.5. The third-order valence-electron chi connectivity index (χ3n) is 1.15. The molecule has 0 bridgehead atoms. The molecule has 0 unspecified atom stereocenters. The normalized spacial score (nSPS) is 9.42. The van der Waals surface area contributed by atoms with Crippen LogP contribution in [0.5, 0.6) is 5.88 Å². The van der Waals surface area contributed by atoms with E-state index in [0.29, 0.717) is 5.82 Å². The second-order valence-corrected chi connectivity index (χ2v) is 2.14. The van der Waals surface area contributed by atoms with Gasteiger partial charge >= 0.3 is 6.03 Å². The first kappa shape index (κ1) is 8.25. The van der Waals surface area contributed by atoms with Gasteiger partial charge in [-0.2, -0.15) is 4.98 Å². The molecule has 2 amide bonds. The Morgan fingerprint density at radius 3 is 2.92 bits per heavy atom. The first-order valence-corrected chi connectivity index (χ1v) is 3.18. The number of hydrogen-bond donors (Lipinski definition) is 3. The van der Waals surface area contributed by atoms with Crippen molar-refractivity contribution in [3.05, 3.63) is 12.0 Å². The lowest BCUT2D eigenvalue weighted by Gasteiger charge is -2.02. The molecule has 64 valence electrons. The molecule has 0 saturated heterocycles. The fourth-order valence-electron chi connectivity index (χ4n) is 0.679. The highest BCUT2D eigenvalue weighted by Gasteiger charge is 2.04. The highest BCUT2D eigenvalue weighted by atomic mass is 16.3. The van der Waals surface area contributed by atoms with Gasteiger partial charge in [-0.1, -0.05) is 0 Å². The minimum atomic E-state index is -0.766. The van der Waals surface area contributed by atoms with Crippen LogP contribution in [-0.4, -0.2) is 21.1 Å². The van der Waals surface area contributed by atoms with E-state index in [0.717, 1.165) is 0 Å². The van der Waals surface area contributed by atoms with Crippen LogP contribution in [0.1, 0.15) is 5.82 Å². The Hall–Kier alpha value is -1.85. The van der Waals surface area contributed by atoms with Gasteiger partial charge in [-0.15, -0.1) is 0 Å². The van der Waals surface area contributed by atoms with Gasteiger partial charge in [0.1, 0.15) is 11.5 Å². The summed E-state index contributed by atoms with van der Waals surface area (Å²) in [6.07, 6.45) is 1.28. The molecule has 1 heterocycles. The number of anilines is 1. The molecule has 6 nitrogen and oxygen atoms in total. The van der Waals surface area contributed by atoms with Crippen LogP contribution in [0.2, 0.25) is 0 Å². The van der Waals surface area contributed by atoms with Gasteiger partial charge in [0.2, 0.25) is 5.88 Å². The molecule has 0 aliphatic carbocycles. The van der Waals surface area contributed by atoms with Gasteiger partial charge in [0.05, 0.1) is 6.20 Å². The summed E-state index contributed by atoms with van der Waals surface area (Å²) < 4.78 is 0. The van der Waals surface area contributed by atoms with Crippen LogP contribution in [0.25, 0.3) is 0 Å². The number of hydrogen-bond acceptors (Lipinski definition) is 4. The van der Waals surface area contributed by atoms with Crippen molar-refractivity contribution in [1.82, 2.24) is 9.97 Å². The Bertz CT molecular complexity index is 312. The molecule has 12 heavy (non-hydrogen) atoms. The molecule has 0 atom stereocenters. The van der Waals surface area contributed by atoms with E-state index in [1.807, 2.05) is 0 Å². The molecule has 0 aliphatic heterocycles. The topological polar surface area (TPSA) is 101 Å². The summed E-state index contributed by atoms with van der Waals surface area (Å²) in [7, 11) is 0. The van der Waals surface area contributed by atoms with Crippen molar-refractivity contribution in [3.8, 4) is 5.88 Å². The predicted molar refractivity (Wildman–Crippen MR) is 41.6 cm³/mol. The van der Waals surface area contributed by atoms with Crippen LogP contribution in [0.15, 0.2) is 6.20 Å². The van der Waals surface area contributed by atoms with Crippen LogP contribution in [-0.2, 0) is 0 Å². The van der Waals surface area contributed by atoms with Gasteiger partial charge in [0, 0.05) is 0 Å². The largest absolute Gasteiger partial charge is 0.492 e. The van der Waals surface area contributed by atoms with Crippen molar-refractivity contribution < 1.29 is 9.90 Å². The average molecular weight is 168 g/mol. The van der Waals surface area contributed by atoms with Crippen LogP contribution in [0, 0.1) is 6.92 Å². The van der Waals surface area contributed by atoms with E-state index < -0.39 is 6.03 Å². The SMILES string of the molecule is Cc1ncc(NC(N)=O)c(O)n1. The van der Waals surface area contributed by atoms with Crippen molar-refractivity contribution in [2.24, 2.45) is 5.73 Å². The van der Waals surface area contributed by atoms with Gasteiger partial charge in [-0.3, -0.25) is 0 Å². The van der Waals surface area contributed by atoms with E-state index in [1.165, 1.54) is 6.20 Å². The minimum absolute atomic E-state index is 0.105. The number of rotatable bonds is 1. The summed E-state index contributed by atoms with van der Waals surface area (Å²) >= 11 is 0. The molecule has 0 aliphatic rings. The molecule has 0 fully saturated rings. The van der Waals surface area contributed by atoms with Crippen molar-refractivity contribution in [2.75, 3.05) is 5.32 Å². The van der Waals surface area contributed by atoms with Crippen LogP contribution in [0.3, 0.4) is 0 Å². The standard InChI is InChI=1S/C6H8N4O2/c1-3-8-2-4(5(11)9-3)10-6(7)12/h2H,1H3,(H3,7,10,12)(H,8,9,11). The number of aryl methyl sites for hydroxylation is 1. The second kappa shape index (κ2) is 3.04. The van der Waals surface area contributed by atoms with E-state index in [-0.39, 0.29) is 11.6 Å². The molecule has 0 spiro atoms. The van der Waals surface area contributed by atoms with E-state index in [9.17, 15) is 4.79 Å². The number of aromatic hydroxyl groups is 1. The second-order valence-electron chi connectivity index (χ2n) is 2.14. The van der Waals surface area contributed by atoms with E-state index in [1.54, 1.807) is 6.92 Å². The number of aromatic nitrogens is 2. The first-order chi connectivity index (χ1) is 5.59. The van der Waals surface area contributed by atoms with Crippen molar-refractivity contribution >= 4 is 11.7 Å². The zero-order valence-electron chi connectivity index (χ0n) is 6.40. The van der Waals surface area contributed by atoms with Crippen LogP contribution < -0.4 is 11.1 Å². The number of amides is 2. The van der Waals surface area contributed by atoms with Gasteiger partial charge in [-0.05, 0) is 6.92 Å². The molecule has 1 aromatic heterocycles. The lowest BCUT2D eigenvalue weighted by Crippen LogP contribution is -2.19. The highest BCUT2D eigenvalue weighted by Crippen LogP contribution is 2.17. The number of nitrogens with one attached hydrogen (secondary N) is 1. The van der Waals surface area contributed by atoms with Gasteiger partial charge in [0.25, 0.3) is 0 Å². The monoisotopic (exact) mass is 168 g/mol. The third kappa shape index (κ3) is 1.82. The number of carbonyl (C=O) groups is 1. The molecular formula is C6H8N4O2. The maximum Gasteiger partial charge on any atom is 0.316 e. The summed E-state index contributed by atoms with van der Waals surface area (Å²) in [5.74, 6) is 0.129. The van der Waals surface area contributed by atoms with Gasteiger partial charge in [0.15, 0.2) is 0 Å². The fraction of sp³-hybridized carbons (Fsp3) is 0.167. The molecule has 1 aromatic rings. The predicted octanol–water partition coefficient (Wildman–Crippen LogP) is -0.0188. The minimum Gasteiger partial charge on any atom is -0.492 e. The van der Waals surface area contributed by atoms with E-state index in [2.05, 4.69) is 15.3 Å². The molecule has 0 saturated carbocycles. The lowest BCUT2D eigenvalue weighted by molar-refractivity contribution is 0.259. The third-order valence-corrected chi connectivity index (χ3v) is 1.15. The maximum absolute atomic E-state index is 10.4. The van der Waals surface area contributed by atoms with Gasteiger partial charge in [-0.25, -0.2) is 9.78 Å². The van der Waals surface area contributed by atoms with Crippen LogP contribution in [0.4, 0.5) is 10.5 Å². The van der Waals surface area contributed by atoms with Crippen molar-refractivity contribution in [3.63, 3.8) is 0 Å². The van der Waals surface area contributed by atoms with Gasteiger partial charge < -0.3 is 16.2 Å². The highest BCUT2D eigenvalue weighted by molar-refractivity contribution is 5.88. The van der Waals surface area contributed by atoms with Crippen molar-refractivity contribution in [2.45, 2.75) is 6.92 Å². The Morgan fingerprint density at radius 1 is 1.75 bits per heavy atom. The zero-order valence-corrected chi connectivity index (χ0v) is 6.40. The van der Waals surface area contributed by atoms with E-state index >= 15 is 0 Å². The van der Waals surface area contributed by atoms with Crippen LogP contribution >= 0.6 is 0 Å². The summed E-state index contributed by atoms with van der Waals surface area (Å²) in [5.41, 5.74) is 4.92. The van der Waals surface area contributed by atoms with E-state index in [4.69, 9.17) is 10.8 Å². The molecule has 1 rings (SSSR count). The summed E-state index contributed by atoms with van der Waals surface area (Å²) in [6, 6.07) is -0.766. The number of nitrogens with zero attached hydrogens (tertiary/aromatic N) is 2. The summed E-state index contributed by atoms with van der Waals surface area (Å²) in [6.45, 7) is 1.62. The quantitative estimate of drug-likeness (QED) is 0.548. The summed E-state index contributed by atoms with van der Waals surface area (Å²) in [5, 5.41) is 11.3. The molecular weight excluding hydrogens is 160 g/mol. The molecule has 0 aromatic carbocycles. The molecule has 0 radical (unpaired) electrons. The Labute approximate surface area is 68.4 Å².